The van der Waals surface area contributed by atoms with Gasteiger partial charge in [-0.2, -0.15) is 0 Å². The summed E-state index contributed by atoms with van der Waals surface area (Å²) in [6, 6.07) is 12.6. The Morgan fingerprint density at radius 1 is 1.00 bits per heavy atom. The molecular weight excluding hydrogens is 371 g/mol. The number of methoxy groups -OCH3 is 1. The number of nitrogens with zero attached hydrogens (tertiary/aromatic N) is 1. The minimum Gasteiger partial charge on any atom is -0.497 e. The fourth-order valence-electron chi connectivity index (χ4n) is 2.84. The first-order chi connectivity index (χ1) is 13.8. The van der Waals surface area contributed by atoms with Gasteiger partial charge in [0.2, 0.25) is 11.8 Å². The highest BCUT2D eigenvalue weighted by Crippen LogP contribution is 2.16. The van der Waals surface area contributed by atoms with Crippen LogP contribution in [-0.4, -0.2) is 36.4 Å². The zero-order chi connectivity index (χ0) is 21.4. The highest BCUT2D eigenvalue weighted by Gasteiger charge is 2.26. The van der Waals surface area contributed by atoms with E-state index < -0.39 is 6.04 Å². The Labute approximate surface area is 171 Å². The molecule has 0 bridgehead atoms. The first kappa shape index (κ1) is 22.4. The van der Waals surface area contributed by atoms with Crippen LogP contribution in [0.2, 0.25) is 0 Å². The molecule has 2 aromatic carbocycles. The topological polar surface area (TPSA) is 58.6 Å². The predicted octanol–water partition coefficient (Wildman–Crippen LogP) is 3.57. The molecule has 1 N–H and O–H groups in total. The van der Waals surface area contributed by atoms with E-state index in [0.717, 1.165) is 11.3 Å². The summed E-state index contributed by atoms with van der Waals surface area (Å²) in [4.78, 5) is 27.2. The lowest BCUT2D eigenvalue weighted by atomic mass is 10.1. The third-order valence-corrected chi connectivity index (χ3v) is 4.63. The number of carbonyl (C=O) groups is 2. The van der Waals surface area contributed by atoms with Crippen LogP contribution in [0.25, 0.3) is 0 Å². The van der Waals surface area contributed by atoms with Gasteiger partial charge in [0, 0.05) is 13.1 Å². The quantitative estimate of drug-likeness (QED) is 0.700. The number of benzene rings is 2. The fourth-order valence-corrected chi connectivity index (χ4v) is 2.84. The van der Waals surface area contributed by atoms with Crippen LogP contribution in [-0.2, 0) is 22.6 Å². The lowest BCUT2D eigenvalue weighted by Crippen LogP contribution is -2.48. The van der Waals surface area contributed by atoms with Crippen LogP contribution in [0.3, 0.4) is 0 Å². The maximum Gasteiger partial charge on any atom is 0.242 e. The highest BCUT2D eigenvalue weighted by molar-refractivity contribution is 5.88. The van der Waals surface area contributed by atoms with E-state index in [1.165, 1.54) is 12.1 Å². The van der Waals surface area contributed by atoms with Crippen molar-refractivity contribution >= 4 is 11.8 Å². The number of halogens is 1. The van der Waals surface area contributed by atoms with Gasteiger partial charge in [-0.25, -0.2) is 4.39 Å². The molecule has 0 heterocycles. The monoisotopic (exact) mass is 400 g/mol. The van der Waals surface area contributed by atoms with Gasteiger partial charge in [-0.3, -0.25) is 9.59 Å². The molecule has 0 saturated carbocycles. The van der Waals surface area contributed by atoms with Crippen molar-refractivity contribution in [1.82, 2.24) is 10.2 Å². The predicted molar refractivity (Wildman–Crippen MR) is 111 cm³/mol. The van der Waals surface area contributed by atoms with Crippen molar-refractivity contribution in [1.29, 1.82) is 0 Å². The van der Waals surface area contributed by atoms with Gasteiger partial charge in [0.25, 0.3) is 0 Å². The molecule has 0 aromatic heterocycles. The van der Waals surface area contributed by atoms with Crippen molar-refractivity contribution in [3.05, 3.63) is 65.5 Å². The Balaban J connectivity index is 2.18. The molecule has 5 nitrogen and oxygen atoms in total. The largest absolute Gasteiger partial charge is 0.497 e. The number of carbonyl (C=O) groups excluding carboxylic acids is 2. The van der Waals surface area contributed by atoms with Crippen molar-refractivity contribution in [2.24, 2.45) is 5.92 Å². The van der Waals surface area contributed by atoms with E-state index in [9.17, 15) is 14.0 Å². The van der Waals surface area contributed by atoms with Crippen molar-refractivity contribution in [2.75, 3.05) is 13.7 Å². The van der Waals surface area contributed by atoms with E-state index in [1.807, 2.05) is 38.1 Å². The van der Waals surface area contributed by atoms with Crippen LogP contribution in [0, 0.1) is 11.7 Å². The third kappa shape index (κ3) is 6.89. The molecular formula is C23H29FN2O3. The van der Waals surface area contributed by atoms with Gasteiger partial charge in [-0.15, -0.1) is 0 Å². The standard InChI is InChI=1S/C23H29FN2O3/c1-16(2)14-25-23(28)17(3)26(15-19-7-11-21(29-4)12-8-19)22(27)13-18-5-9-20(24)10-6-18/h5-12,16-17H,13-15H2,1-4H3,(H,25,28)/t17-/m1/s1. The van der Waals surface area contributed by atoms with E-state index >= 15 is 0 Å². The molecule has 0 radical (unpaired) electrons. The summed E-state index contributed by atoms with van der Waals surface area (Å²) >= 11 is 0. The fraction of sp³-hybridized carbons (Fsp3) is 0.391. The molecule has 1 atom stereocenters. The first-order valence-corrected chi connectivity index (χ1v) is 9.74. The third-order valence-electron chi connectivity index (χ3n) is 4.63. The van der Waals surface area contributed by atoms with Crippen molar-refractivity contribution in [2.45, 2.75) is 39.8 Å². The molecule has 2 aromatic rings. The smallest absolute Gasteiger partial charge is 0.242 e. The second-order valence-electron chi connectivity index (χ2n) is 7.49. The molecule has 0 saturated heterocycles. The molecule has 29 heavy (non-hydrogen) atoms. The summed E-state index contributed by atoms with van der Waals surface area (Å²) in [7, 11) is 1.59. The van der Waals surface area contributed by atoms with Crippen LogP contribution >= 0.6 is 0 Å². The second-order valence-corrected chi connectivity index (χ2v) is 7.49. The molecule has 0 unspecified atom stereocenters. The Morgan fingerprint density at radius 2 is 1.59 bits per heavy atom. The summed E-state index contributed by atoms with van der Waals surface area (Å²) in [5, 5.41) is 2.89. The Hall–Kier alpha value is -2.89. The lowest BCUT2D eigenvalue weighted by molar-refractivity contribution is -0.140. The van der Waals surface area contributed by atoms with Crippen LogP contribution in [0.15, 0.2) is 48.5 Å². The van der Waals surface area contributed by atoms with Crippen molar-refractivity contribution < 1.29 is 18.7 Å². The maximum atomic E-state index is 13.2. The van der Waals surface area contributed by atoms with E-state index in [4.69, 9.17) is 4.74 Å². The van der Waals surface area contributed by atoms with E-state index in [-0.39, 0.29) is 24.1 Å². The molecule has 2 rings (SSSR count). The number of amides is 2. The minimum absolute atomic E-state index is 0.0955. The number of rotatable bonds is 9. The SMILES string of the molecule is COc1ccc(CN(C(=O)Cc2ccc(F)cc2)[C@H](C)C(=O)NCC(C)C)cc1. The highest BCUT2D eigenvalue weighted by atomic mass is 19.1. The number of hydrogen-bond donors (Lipinski definition) is 1. The summed E-state index contributed by atoms with van der Waals surface area (Å²) in [5.74, 6) is 0.300. The number of hydrogen-bond acceptors (Lipinski definition) is 3. The van der Waals surface area contributed by atoms with Crippen molar-refractivity contribution in [3.8, 4) is 5.75 Å². The van der Waals surface area contributed by atoms with E-state index in [2.05, 4.69) is 5.32 Å². The molecule has 0 aliphatic rings. The minimum atomic E-state index is -0.635. The van der Waals surface area contributed by atoms with E-state index in [1.54, 1.807) is 31.1 Å². The van der Waals surface area contributed by atoms with Gasteiger partial charge >= 0.3 is 0 Å². The molecule has 2 amide bonds. The number of ether oxygens (including phenoxy) is 1. The molecule has 0 aliphatic carbocycles. The molecule has 6 heteroatoms. The molecule has 0 spiro atoms. The second kappa shape index (κ2) is 10.6. The molecule has 156 valence electrons. The van der Waals surface area contributed by atoms with Gasteiger partial charge < -0.3 is 15.0 Å². The van der Waals surface area contributed by atoms with Gasteiger partial charge in [0.05, 0.1) is 13.5 Å². The van der Waals surface area contributed by atoms with Crippen LogP contribution in [0.1, 0.15) is 31.9 Å². The molecule has 0 fully saturated rings. The zero-order valence-electron chi connectivity index (χ0n) is 17.4. The van der Waals surface area contributed by atoms with Gasteiger partial charge in [0.1, 0.15) is 17.6 Å². The summed E-state index contributed by atoms with van der Waals surface area (Å²) in [5.41, 5.74) is 1.59. The summed E-state index contributed by atoms with van der Waals surface area (Å²) in [6.07, 6.45) is 0.0955. The molecule has 0 aliphatic heterocycles. The average molecular weight is 400 g/mol. The van der Waals surface area contributed by atoms with Crippen molar-refractivity contribution in [3.63, 3.8) is 0 Å². The van der Waals surface area contributed by atoms with Gasteiger partial charge in [-0.05, 0) is 48.2 Å². The zero-order valence-corrected chi connectivity index (χ0v) is 17.4. The van der Waals surface area contributed by atoms with Gasteiger partial charge in [0.15, 0.2) is 0 Å². The average Bonchev–Trinajstić information content (AvgIpc) is 2.71. The lowest BCUT2D eigenvalue weighted by Gasteiger charge is -2.29. The van der Waals surface area contributed by atoms with Crippen LogP contribution in [0.5, 0.6) is 5.75 Å². The first-order valence-electron chi connectivity index (χ1n) is 9.74. The maximum absolute atomic E-state index is 13.2. The van der Waals surface area contributed by atoms with E-state index in [0.29, 0.717) is 24.6 Å². The number of nitrogens with one attached hydrogen (secondary N) is 1. The van der Waals surface area contributed by atoms with Gasteiger partial charge in [-0.1, -0.05) is 38.1 Å². The Bertz CT molecular complexity index is 804. The Morgan fingerprint density at radius 3 is 2.14 bits per heavy atom. The Kier molecular flexibility index (Phi) is 8.19. The summed E-state index contributed by atoms with van der Waals surface area (Å²) < 4.78 is 18.3. The van der Waals surface area contributed by atoms with Crippen LogP contribution in [0.4, 0.5) is 4.39 Å². The summed E-state index contributed by atoms with van der Waals surface area (Å²) in [6.45, 7) is 6.59. The van der Waals surface area contributed by atoms with Crippen LogP contribution < -0.4 is 10.1 Å². The normalized spacial score (nSPS) is 11.8.